The van der Waals surface area contributed by atoms with Gasteiger partial charge in [-0.05, 0) is 72.5 Å². The van der Waals surface area contributed by atoms with Crippen LogP contribution in [0.3, 0.4) is 0 Å². The number of sulfonamides is 1. The second kappa shape index (κ2) is 10.3. The molecule has 1 aliphatic rings. The largest absolute Gasteiger partial charge is 0.293 e. The number of nitriles is 1. The third-order valence-electron chi connectivity index (χ3n) is 6.93. The minimum Gasteiger partial charge on any atom is -0.293 e. The molecule has 10 heteroatoms. The zero-order chi connectivity index (χ0) is 27.0. The fourth-order valence-corrected chi connectivity index (χ4v) is 6.47. The summed E-state index contributed by atoms with van der Waals surface area (Å²) in [4.78, 5) is 6.40. The van der Waals surface area contributed by atoms with Crippen LogP contribution in [0.2, 0.25) is 0 Å². The molecule has 1 aliphatic heterocycles. The number of aromatic nitrogens is 3. The van der Waals surface area contributed by atoms with Crippen molar-refractivity contribution in [2.45, 2.75) is 31.7 Å². The molecule has 0 unspecified atom stereocenters. The molecule has 1 atom stereocenters. The van der Waals surface area contributed by atoms with Gasteiger partial charge >= 0.3 is 0 Å². The molecule has 8 nitrogen and oxygen atoms in total. The van der Waals surface area contributed by atoms with Gasteiger partial charge in [0.05, 0.1) is 17.4 Å². The van der Waals surface area contributed by atoms with Crippen LogP contribution in [-0.2, 0) is 10.0 Å². The van der Waals surface area contributed by atoms with Gasteiger partial charge in [0.15, 0.2) is 0 Å². The van der Waals surface area contributed by atoms with Crippen molar-refractivity contribution >= 4 is 20.9 Å². The van der Waals surface area contributed by atoms with E-state index in [1.807, 2.05) is 13.0 Å². The molecule has 0 spiro atoms. The molecule has 4 aromatic rings. The van der Waals surface area contributed by atoms with E-state index >= 15 is 0 Å². The van der Waals surface area contributed by atoms with E-state index in [4.69, 9.17) is 5.26 Å². The van der Waals surface area contributed by atoms with Crippen molar-refractivity contribution in [3.8, 4) is 11.8 Å². The van der Waals surface area contributed by atoms with Gasteiger partial charge in [0, 0.05) is 43.8 Å². The maximum Gasteiger partial charge on any atom is 0.244 e. The normalized spacial score (nSPS) is 17.2. The first kappa shape index (κ1) is 26.0. The summed E-state index contributed by atoms with van der Waals surface area (Å²) in [5, 5.41) is 14.5. The van der Waals surface area contributed by atoms with Gasteiger partial charge in [-0.15, -0.1) is 0 Å². The Morgan fingerprint density at radius 2 is 1.87 bits per heavy atom. The van der Waals surface area contributed by atoms with Crippen molar-refractivity contribution in [2.75, 3.05) is 26.2 Å². The average molecular weight is 533 g/mol. The lowest BCUT2D eigenvalue weighted by atomic mass is 9.96. The first-order valence-electron chi connectivity index (χ1n) is 12.5. The number of pyridine rings is 1. The van der Waals surface area contributed by atoms with Crippen molar-refractivity contribution < 1.29 is 12.8 Å². The number of nitrogens with zero attached hydrogens (tertiary/aromatic N) is 6. The third-order valence-corrected chi connectivity index (χ3v) is 8.78. The Bertz CT molecular complexity index is 1610. The zero-order valence-corrected chi connectivity index (χ0v) is 22.4. The Morgan fingerprint density at radius 3 is 2.53 bits per heavy atom. The molecule has 5 rings (SSSR count). The summed E-state index contributed by atoms with van der Waals surface area (Å²) in [6.45, 7) is 8.45. The Balaban J connectivity index is 1.52. The van der Waals surface area contributed by atoms with E-state index in [2.05, 4.69) is 41.0 Å². The van der Waals surface area contributed by atoms with Gasteiger partial charge in [0.25, 0.3) is 0 Å². The first-order valence-corrected chi connectivity index (χ1v) is 14.0. The predicted molar refractivity (Wildman–Crippen MR) is 143 cm³/mol. The zero-order valence-electron chi connectivity index (χ0n) is 21.5. The van der Waals surface area contributed by atoms with Crippen LogP contribution in [0.4, 0.5) is 4.39 Å². The second-order valence-corrected chi connectivity index (χ2v) is 12.0. The average Bonchev–Trinajstić information content (AvgIpc) is 3.31. The van der Waals surface area contributed by atoms with E-state index in [0.29, 0.717) is 25.6 Å². The van der Waals surface area contributed by atoms with Crippen LogP contribution in [0.25, 0.3) is 16.6 Å². The van der Waals surface area contributed by atoms with Crippen molar-refractivity contribution in [1.82, 2.24) is 24.0 Å². The summed E-state index contributed by atoms with van der Waals surface area (Å²) in [5.74, 6) is 0.108. The second-order valence-electron chi connectivity index (χ2n) is 10.1. The molecule has 0 amide bonds. The number of halogens is 1. The monoisotopic (exact) mass is 532 g/mol. The molecular formula is C28H29FN6O2S. The third kappa shape index (κ3) is 4.92. The predicted octanol–water partition coefficient (Wildman–Crippen LogP) is 4.44. The topological polar surface area (TPSA) is 95.1 Å². The maximum atomic E-state index is 13.5. The number of rotatable bonds is 6. The highest BCUT2D eigenvalue weighted by atomic mass is 32.2. The molecule has 38 heavy (non-hydrogen) atoms. The van der Waals surface area contributed by atoms with Crippen molar-refractivity contribution in [3.63, 3.8) is 0 Å². The fourth-order valence-electron chi connectivity index (χ4n) is 5.09. The van der Waals surface area contributed by atoms with E-state index in [1.165, 1.54) is 34.8 Å². The van der Waals surface area contributed by atoms with Crippen LogP contribution in [0.15, 0.2) is 65.8 Å². The molecule has 1 fully saturated rings. The summed E-state index contributed by atoms with van der Waals surface area (Å²) < 4.78 is 43.8. The molecule has 2 aromatic heterocycles. The maximum absolute atomic E-state index is 13.5. The van der Waals surface area contributed by atoms with Crippen LogP contribution in [0, 0.1) is 30.0 Å². The SMILES string of the molecule is Cc1cc2c(cnn2-c2ccc(F)cc2)cc1[C@@H]1CN(S(=O)(=O)c2ccc(C#N)nc2)CCN1CC(C)C. The minimum atomic E-state index is -3.78. The van der Waals surface area contributed by atoms with Crippen LogP contribution in [0.5, 0.6) is 0 Å². The van der Waals surface area contributed by atoms with Crippen LogP contribution in [0.1, 0.15) is 36.7 Å². The van der Waals surface area contributed by atoms with E-state index in [0.717, 1.165) is 34.3 Å². The van der Waals surface area contributed by atoms with Crippen molar-refractivity contribution in [1.29, 1.82) is 5.26 Å². The first-order chi connectivity index (χ1) is 18.2. The summed E-state index contributed by atoms with van der Waals surface area (Å²) in [7, 11) is -3.78. The van der Waals surface area contributed by atoms with Crippen molar-refractivity contribution in [2.24, 2.45) is 5.92 Å². The highest BCUT2D eigenvalue weighted by Crippen LogP contribution is 2.34. The van der Waals surface area contributed by atoms with Gasteiger partial charge in [0.1, 0.15) is 22.5 Å². The molecule has 0 saturated carbocycles. The number of hydrogen-bond acceptors (Lipinski definition) is 6. The fraction of sp³-hybridized carbons (Fsp3) is 0.321. The highest BCUT2D eigenvalue weighted by Gasteiger charge is 2.36. The highest BCUT2D eigenvalue weighted by molar-refractivity contribution is 7.89. The number of piperazine rings is 1. The van der Waals surface area contributed by atoms with Gasteiger partial charge in [-0.1, -0.05) is 13.8 Å². The number of aryl methyl sites for hydroxylation is 1. The molecule has 0 aliphatic carbocycles. The van der Waals surface area contributed by atoms with Crippen LogP contribution >= 0.6 is 0 Å². The van der Waals surface area contributed by atoms with Crippen LogP contribution in [-0.4, -0.2) is 58.6 Å². The van der Waals surface area contributed by atoms with E-state index < -0.39 is 10.0 Å². The van der Waals surface area contributed by atoms with E-state index in [9.17, 15) is 12.8 Å². The number of hydrogen-bond donors (Lipinski definition) is 0. The molecule has 0 bridgehead atoms. The van der Waals surface area contributed by atoms with Crippen LogP contribution < -0.4 is 0 Å². The standard InChI is InChI=1S/C28H29FN6O2S/c1-19(2)17-33-10-11-34(38(36,37)25-9-6-23(14-30)31-16-25)18-28(33)26-13-21-15-32-35(27(21)12-20(26)3)24-7-4-22(29)5-8-24/h4-9,12-13,15-16,19,28H,10-11,17-18H2,1-3H3/t28-/m0/s1. The Morgan fingerprint density at radius 1 is 1.11 bits per heavy atom. The number of benzene rings is 2. The summed E-state index contributed by atoms with van der Waals surface area (Å²) in [5.41, 5.74) is 3.92. The lowest BCUT2D eigenvalue weighted by Crippen LogP contribution is -2.51. The van der Waals surface area contributed by atoms with E-state index in [-0.39, 0.29) is 22.4 Å². The summed E-state index contributed by atoms with van der Waals surface area (Å²) in [6.07, 6.45) is 3.04. The number of fused-ring (bicyclic) bond motifs is 1. The smallest absolute Gasteiger partial charge is 0.244 e. The molecule has 3 heterocycles. The van der Waals surface area contributed by atoms with Gasteiger partial charge in [-0.3, -0.25) is 4.90 Å². The van der Waals surface area contributed by atoms with E-state index in [1.54, 1.807) is 23.0 Å². The van der Waals surface area contributed by atoms with Crippen molar-refractivity contribution in [3.05, 3.63) is 83.6 Å². The summed E-state index contributed by atoms with van der Waals surface area (Å²) in [6, 6.07) is 15.0. The molecule has 196 valence electrons. The molecule has 2 aromatic carbocycles. The molecule has 0 radical (unpaired) electrons. The molecular weight excluding hydrogens is 503 g/mol. The van der Waals surface area contributed by atoms with Gasteiger partial charge in [0.2, 0.25) is 10.0 Å². The lowest BCUT2D eigenvalue weighted by Gasteiger charge is -2.42. The Labute approximate surface area is 222 Å². The molecule has 0 N–H and O–H groups in total. The summed E-state index contributed by atoms with van der Waals surface area (Å²) >= 11 is 0. The quantitative estimate of drug-likeness (QED) is 0.364. The lowest BCUT2D eigenvalue weighted by molar-refractivity contribution is 0.105. The van der Waals surface area contributed by atoms with Gasteiger partial charge in [-0.25, -0.2) is 22.5 Å². The minimum absolute atomic E-state index is 0.0836. The molecule has 1 saturated heterocycles. The van der Waals surface area contributed by atoms with Gasteiger partial charge in [-0.2, -0.15) is 14.7 Å². The Kier molecular flexibility index (Phi) is 7.01. The Hall–Kier alpha value is -3.65. The van der Waals surface area contributed by atoms with Gasteiger partial charge < -0.3 is 0 Å².